The number of phenolic OH excluding ortho intramolecular Hbond substituents is 1. The van der Waals surface area contributed by atoms with Crippen LogP contribution in [0.3, 0.4) is 0 Å². The summed E-state index contributed by atoms with van der Waals surface area (Å²) in [7, 11) is 0. The van der Waals surface area contributed by atoms with Gasteiger partial charge in [-0.3, -0.25) is 4.90 Å². The molecular formula is C14H19Br2NO. The minimum absolute atomic E-state index is 0.280. The summed E-state index contributed by atoms with van der Waals surface area (Å²) in [6.07, 6.45) is 5.39. The van der Waals surface area contributed by atoms with Gasteiger partial charge >= 0.3 is 0 Å². The van der Waals surface area contributed by atoms with Crippen molar-refractivity contribution in [2.75, 3.05) is 6.54 Å². The van der Waals surface area contributed by atoms with Gasteiger partial charge in [0.05, 0.1) is 8.95 Å². The van der Waals surface area contributed by atoms with Crippen LogP contribution in [0.15, 0.2) is 21.1 Å². The minimum atomic E-state index is 0.280. The molecule has 0 unspecified atom stereocenters. The van der Waals surface area contributed by atoms with Crippen molar-refractivity contribution in [2.24, 2.45) is 0 Å². The molecule has 1 fully saturated rings. The molecule has 0 bridgehead atoms. The summed E-state index contributed by atoms with van der Waals surface area (Å²) in [5, 5.41) is 9.73. The molecule has 0 heterocycles. The SMILES string of the molecule is CCN(Cc1cc(Br)c(O)c(Br)c1)C1CCCC1. The Morgan fingerprint density at radius 3 is 2.28 bits per heavy atom. The molecule has 1 aromatic carbocycles. The Labute approximate surface area is 126 Å². The van der Waals surface area contributed by atoms with Gasteiger partial charge in [0, 0.05) is 12.6 Å². The highest BCUT2D eigenvalue weighted by molar-refractivity contribution is 9.11. The molecule has 0 spiro atoms. The maximum absolute atomic E-state index is 9.73. The molecule has 0 saturated heterocycles. The fourth-order valence-corrected chi connectivity index (χ4v) is 3.99. The van der Waals surface area contributed by atoms with E-state index in [4.69, 9.17) is 0 Å². The molecule has 2 nitrogen and oxygen atoms in total. The Hall–Kier alpha value is -0.0600. The third-order valence-corrected chi connectivity index (χ3v) is 4.92. The predicted molar refractivity (Wildman–Crippen MR) is 81.8 cm³/mol. The largest absolute Gasteiger partial charge is 0.506 e. The first-order valence-corrected chi connectivity index (χ1v) is 8.11. The van der Waals surface area contributed by atoms with Gasteiger partial charge in [0.15, 0.2) is 0 Å². The fraction of sp³-hybridized carbons (Fsp3) is 0.571. The van der Waals surface area contributed by atoms with Crippen LogP contribution in [0.2, 0.25) is 0 Å². The van der Waals surface area contributed by atoms with E-state index in [1.807, 2.05) is 12.1 Å². The lowest BCUT2D eigenvalue weighted by Gasteiger charge is -2.27. The summed E-state index contributed by atoms with van der Waals surface area (Å²) in [4.78, 5) is 2.54. The number of aromatic hydroxyl groups is 1. The second-order valence-electron chi connectivity index (χ2n) is 4.91. The molecule has 0 amide bonds. The lowest BCUT2D eigenvalue weighted by atomic mass is 10.1. The third-order valence-electron chi connectivity index (χ3n) is 3.71. The molecule has 1 aliphatic carbocycles. The molecule has 4 heteroatoms. The number of nitrogens with zero attached hydrogens (tertiary/aromatic N) is 1. The van der Waals surface area contributed by atoms with Crippen molar-refractivity contribution in [3.63, 3.8) is 0 Å². The quantitative estimate of drug-likeness (QED) is 0.824. The van der Waals surface area contributed by atoms with E-state index >= 15 is 0 Å². The zero-order valence-corrected chi connectivity index (χ0v) is 13.8. The van der Waals surface area contributed by atoms with Gasteiger partial charge in [-0.05, 0) is 68.9 Å². The van der Waals surface area contributed by atoms with Gasteiger partial charge in [0.1, 0.15) is 5.75 Å². The maximum Gasteiger partial charge on any atom is 0.143 e. The first kappa shape index (κ1) is 14.4. The number of hydrogen-bond acceptors (Lipinski definition) is 2. The van der Waals surface area contributed by atoms with Crippen molar-refractivity contribution < 1.29 is 5.11 Å². The van der Waals surface area contributed by atoms with E-state index in [-0.39, 0.29) is 5.75 Å². The van der Waals surface area contributed by atoms with E-state index in [2.05, 4.69) is 43.7 Å². The molecule has 0 atom stereocenters. The van der Waals surface area contributed by atoms with E-state index < -0.39 is 0 Å². The lowest BCUT2D eigenvalue weighted by molar-refractivity contribution is 0.200. The molecule has 1 N–H and O–H groups in total. The zero-order chi connectivity index (χ0) is 13.1. The third kappa shape index (κ3) is 3.28. The zero-order valence-electron chi connectivity index (χ0n) is 10.6. The molecule has 1 aromatic rings. The highest BCUT2D eigenvalue weighted by Gasteiger charge is 2.21. The number of rotatable bonds is 4. The summed E-state index contributed by atoms with van der Waals surface area (Å²) in [6.45, 7) is 4.27. The Kier molecular flexibility index (Phi) is 5.10. The predicted octanol–water partition coefficient (Wildman–Crippen LogP) is 4.68. The van der Waals surface area contributed by atoms with Crippen LogP contribution in [0.1, 0.15) is 38.2 Å². The van der Waals surface area contributed by atoms with Crippen LogP contribution >= 0.6 is 31.9 Å². The van der Waals surface area contributed by atoms with Gasteiger partial charge in [-0.2, -0.15) is 0 Å². The van der Waals surface area contributed by atoms with Crippen LogP contribution in [-0.4, -0.2) is 22.6 Å². The van der Waals surface area contributed by atoms with Gasteiger partial charge in [0.25, 0.3) is 0 Å². The van der Waals surface area contributed by atoms with Crippen LogP contribution in [-0.2, 0) is 6.54 Å². The van der Waals surface area contributed by atoms with Gasteiger partial charge in [-0.1, -0.05) is 19.8 Å². The van der Waals surface area contributed by atoms with Crippen molar-refractivity contribution in [1.29, 1.82) is 0 Å². The minimum Gasteiger partial charge on any atom is -0.506 e. The molecule has 0 aliphatic heterocycles. The second-order valence-corrected chi connectivity index (χ2v) is 6.62. The van der Waals surface area contributed by atoms with E-state index in [0.717, 1.165) is 28.1 Å². The van der Waals surface area contributed by atoms with Crippen LogP contribution in [0.4, 0.5) is 0 Å². The highest BCUT2D eigenvalue weighted by Crippen LogP contribution is 2.34. The number of phenols is 1. The summed E-state index contributed by atoms with van der Waals surface area (Å²) in [5.41, 5.74) is 1.24. The van der Waals surface area contributed by atoms with Crippen molar-refractivity contribution >= 4 is 31.9 Å². The number of benzene rings is 1. The van der Waals surface area contributed by atoms with Crippen molar-refractivity contribution in [2.45, 2.75) is 45.2 Å². The normalized spacial score (nSPS) is 16.7. The Balaban J connectivity index is 2.11. The first-order valence-electron chi connectivity index (χ1n) is 6.52. The van der Waals surface area contributed by atoms with Crippen molar-refractivity contribution in [1.82, 2.24) is 4.90 Å². The first-order chi connectivity index (χ1) is 8.61. The van der Waals surface area contributed by atoms with E-state index in [1.54, 1.807) is 0 Å². The average molecular weight is 377 g/mol. The standard InChI is InChI=1S/C14H19Br2NO/c1-2-17(11-5-3-4-6-11)9-10-7-12(15)14(18)13(16)8-10/h7-8,11,18H,2-6,9H2,1H3. The van der Waals surface area contributed by atoms with Crippen LogP contribution in [0.25, 0.3) is 0 Å². The van der Waals surface area contributed by atoms with E-state index in [9.17, 15) is 5.11 Å². The fourth-order valence-electron chi connectivity index (χ4n) is 2.71. The van der Waals surface area contributed by atoms with Crippen molar-refractivity contribution in [3.8, 4) is 5.75 Å². The molecule has 2 rings (SSSR count). The van der Waals surface area contributed by atoms with Crippen LogP contribution in [0, 0.1) is 0 Å². The smallest absolute Gasteiger partial charge is 0.143 e. The monoisotopic (exact) mass is 375 g/mol. The molecule has 0 radical (unpaired) electrons. The van der Waals surface area contributed by atoms with Crippen molar-refractivity contribution in [3.05, 3.63) is 26.6 Å². The molecule has 1 aliphatic rings. The van der Waals surface area contributed by atoms with Gasteiger partial charge in [-0.25, -0.2) is 0 Å². The summed E-state index contributed by atoms with van der Waals surface area (Å²) >= 11 is 6.79. The molecule has 100 valence electrons. The summed E-state index contributed by atoms with van der Waals surface area (Å²) in [6, 6.07) is 4.76. The van der Waals surface area contributed by atoms with E-state index in [0.29, 0.717) is 0 Å². The van der Waals surface area contributed by atoms with Gasteiger partial charge < -0.3 is 5.11 Å². The van der Waals surface area contributed by atoms with Gasteiger partial charge in [-0.15, -0.1) is 0 Å². The maximum atomic E-state index is 9.73. The lowest BCUT2D eigenvalue weighted by Crippen LogP contribution is -2.32. The molecular weight excluding hydrogens is 358 g/mol. The van der Waals surface area contributed by atoms with Crippen LogP contribution in [0.5, 0.6) is 5.75 Å². The molecule has 0 aromatic heterocycles. The highest BCUT2D eigenvalue weighted by atomic mass is 79.9. The molecule has 1 saturated carbocycles. The number of hydrogen-bond donors (Lipinski definition) is 1. The van der Waals surface area contributed by atoms with Crippen LogP contribution < -0.4 is 0 Å². The Morgan fingerprint density at radius 1 is 1.22 bits per heavy atom. The second kappa shape index (κ2) is 6.40. The van der Waals surface area contributed by atoms with E-state index in [1.165, 1.54) is 31.2 Å². The molecule has 18 heavy (non-hydrogen) atoms. The Bertz CT molecular complexity index is 393. The summed E-state index contributed by atoms with van der Waals surface area (Å²) < 4.78 is 1.52. The average Bonchev–Trinajstić information content (AvgIpc) is 2.86. The van der Waals surface area contributed by atoms with Gasteiger partial charge in [0.2, 0.25) is 0 Å². The topological polar surface area (TPSA) is 23.5 Å². The Morgan fingerprint density at radius 2 is 1.78 bits per heavy atom. The number of halogens is 2. The summed E-state index contributed by atoms with van der Waals surface area (Å²) in [5.74, 6) is 0.280.